The molecule has 2 rings (SSSR count). The Hall–Kier alpha value is -1.03. The summed E-state index contributed by atoms with van der Waals surface area (Å²) in [6.07, 6.45) is -2.36. The molecular formula is C14H18F3N. The van der Waals surface area contributed by atoms with Gasteiger partial charge < -0.3 is 5.32 Å². The molecule has 0 bridgehead atoms. The quantitative estimate of drug-likeness (QED) is 0.848. The average Bonchev–Trinajstić information content (AvgIpc) is 3.10. The van der Waals surface area contributed by atoms with Crippen molar-refractivity contribution in [2.75, 3.05) is 0 Å². The van der Waals surface area contributed by atoms with E-state index in [1.54, 1.807) is 0 Å². The van der Waals surface area contributed by atoms with Crippen LogP contribution in [0.2, 0.25) is 0 Å². The summed E-state index contributed by atoms with van der Waals surface area (Å²) in [5.74, 6) is 0. The minimum absolute atomic E-state index is 0.114. The van der Waals surface area contributed by atoms with E-state index in [9.17, 15) is 13.2 Å². The van der Waals surface area contributed by atoms with Crippen molar-refractivity contribution < 1.29 is 13.2 Å². The number of alkyl halides is 3. The molecule has 0 saturated heterocycles. The van der Waals surface area contributed by atoms with Gasteiger partial charge in [-0.3, -0.25) is 0 Å². The monoisotopic (exact) mass is 257 g/mol. The molecule has 0 heterocycles. The largest absolute Gasteiger partial charge is 0.406 e. The van der Waals surface area contributed by atoms with Crippen LogP contribution in [0, 0.1) is 0 Å². The normalized spacial score (nSPS) is 19.6. The highest BCUT2D eigenvalue weighted by molar-refractivity contribution is 5.17. The Labute approximate surface area is 105 Å². The molecule has 1 nitrogen and oxygen atoms in total. The molecule has 0 aromatic heterocycles. The van der Waals surface area contributed by atoms with Gasteiger partial charge in [0.25, 0.3) is 0 Å². The molecule has 1 saturated carbocycles. The maximum atomic E-state index is 12.9. The Morgan fingerprint density at radius 2 is 1.83 bits per heavy atom. The molecule has 0 radical (unpaired) electrons. The topological polar surface area (TPSA) is 12.0 Å². The van der Waals surface area contributed by atoms with Crippen molar-refractivity contribution in [1.29, 1.82) is 0 Å². The maximum absolute atomic E-state index is 12.9. The SMILES string of the molecule is CCC(Cc1ccccc1)NC1(C(F)(F)F)CC1. The van der Waals surface area contributed by atoms with E-state index in [2.05, 4.69) is 5.32 Å². The van der Waals surface area contributed by atoms with Crippen LogP contribution < -0.4 is 5.32 Å². The van der Waals surface area contributed by atoms with E-state index in [-0.39, 0.29) is 18.9 Å². The number of rotatable bonds is 5. The Balaban J connectivity index is 1.99. The molecule has 1 aliphatic carbocycles. The van der Waals surface area contributed by atoms with Crippen LogP contribution in [0.4, 0.5) is 13.2 Å². The molecule has 18 heavy (non-hydrogen) atoms. The van der Waals surface area contributed by atoms with Gasteiger partial charge in [-0.1, -0.05) is 37.3 Å². The van der Waals surface area contributed by atoms with Crippen molar-refractivity contribution in [1.82, 2.24) is 5.32 Å². The predicted octanol–water partition coefficient (Wildman–Crippen LogP) is 3.69. The molecule has 4 heteroatoms. The summed E-state index contributed by atoms with van der Waals surface area (Å²) in [5.41, 5.74) is -0.530. The van der Waals surface area contributed by atoms with Crippen LogP contribution in [-0.2, 0) is 6.42 Å². The standard InChI is InChI=1S/C14H18F3N/c1-2-12(10-11-6-4-3-5-7-11)18-13(8-9-13)14(15,16)17/h3-7,12,18H,2,8-10H2,1H3. The van der Waals surface area contributed by atoms with Crippen LogP contribution in [0.15, 0.2) is 30.3 Å². The van der Waals surface area contributed by atoms with Crippen molar-refractivity contribution >= 4 is 0 Å². The Kier molecular flexibility index (Phi) is 3.66. The van der Waals surface area contributed by atoms with Crippen LogP contribution >= 0.6 is 0 Å². The first-order valence-electron chi connectivity index (χ1n) is 6.35. The fourth-order valence-corrected chi connectivity index (χ4v) is 2.22. The van der Waals surface area contributed by atoms with Crippen molar-refractivity contribution in [3.05, 3.63) is 35.9 Å². The Morgan fingerprint density at radius 1 is 1.22 bits per heavy atom. The highest BCUT2D eigenvalue weighted by atomic mass is 19.4. The lowest BCUT2D eigenvalue weighted by Gasteiger charge is -2.27. The summed E-state index contributed by atoms with van der Waals surface area (Å²) in [6.45, 7) is 1.92. The zero-order valence-electron chi connectivity index (χ0n) is 10.4. The summed E-state index contributed by atoms with van der Waals surface area (Å²) in [4.78, 5) is 0. The van der Waals surface area contributed by atoms with Crippen molar-refractivity contribution in [2.24, 2.45) is 0 Å². The summed E-state index contributed by atoms with van der Waals surface area (Å²) < 4.78 is 38.6. The molecule has 1 N–H and O–H groups in total. The van der Waals surface area contributed by atoms with Gasteiger partial charge in [-0.2, -0.15) is 13.2 Å². The van der Waals surface area contributed by atoms with Crippen LogP contribution in [0.3, 0.4) is 0 Å². The first-order valence-corrected chi connectivity index (χ1v) is 6.35. The van der Waals surface area contributed by atoms with Crippen LogP contribution in [0.25, 0.3) is 0 Å². The van der Waals surface area contributed by atoms with Crippen LogP contribution in [0.1, 0.15) is 31.7 Å². The highest BCUT2D eigenvalue weighted by Crippen LogP contribution is 2.49. The zero-order chi connectivity index (χ0) is 13.2. The predicted molar refractivity (Wildman–Crippen MR) is 65.4 cm³/mol. The van der Waals surface area contributed by atoms with Gasteiger partial charge in [0.1, 0.15) is 5.54 Å². The van der Waals surface area contributed by atoms with Gasteiger partial charge in [0.2, 0.25) is 0 Å². The average molecular weight is 257 g/mol. The second kappa shape index (κ2) is 4.92. The first-order chi connectivity index (χ1) is 8.47. The minimum atomic E-state index is -4.13. The highest BCUT2D eigenvalue weighted by Gasteiger charge is 2.63. The van der Waals surface area contributed by atoms with Crippen molar-refractivity contribution in [3.8, 4) is 0 Å². The van der Waals surface area contributed by atoms with E-state index < -0.39 is 11.7 Å². The van der Waals surface area contributed by atoms with E-state index >= 15 is 0 Å². The Bertz CT molecular complexity index is 382. The summed E-state index contributed by atoms with van der Waals surface area (Å²) in [5, 5.41) is 2.82. The molecule has 1 aliphatic rings. The number of hydrogen-bond donors (Lipinski definition) is 1. The van der Waals surface area contributed by atoms with E-state index in [0.29, 0.717) is 12.8 Å². The third-order valence-electron chi connectivity index (χ3n) is 3.59. The number of hydrogen-bond acceptors (Lipinski definition) is 1. The van der Waals surface area contributed by atoms with Gasteiger partial charge in [0.15, 0.2) is 0 Å². The smallest absolute Gasteiger partial charge is 0.300 e. The molecule has 100 valence electrons. The summed E-state index contributed by atoms with van der Waals surface area (Å²) in [7, 11) is 0. The molecule has 1 fully saturated rings. The first kappa shape index (κ1) is 13.4. The molecule has 1 atom stereocenters. The fraction of sp³-hybridized carbons (Fsp3) is 0.571. The van der Waals surface area contributed by atoms with E-state index in [1.807, 2.05) is 37.3 Å². The van der Waals surface area contributed by atoms with E-state index in [1.165, 1.54) is 0 Å². The van der Waals surface area contributed by atoms with Gasteiger partial charge in [-0.05, 0) is 31.2 Å². The lowest BCUT2D eigenvalue weighted by Crippen LogP contribution is -2.50. The number of halogens is 3. The van der Waals surface area contributed by atoms with Gasteiger partial charge >= 0.3 is 6.18 Å². The van der Waals surface area contributed by atoms with E-state index in [4.69, 9.17) is 0 Å². The molecular weight excluding hydrogens is 239 g/mol. The van der Waals surface area contributed by atoms with Crippen LogP contribution in [0.5, 0.6) is 0 Å². The van der Waals surface area contributed by atoms with Crippen molar-refractivity contribution in [2.45, 2.75) is 50.4 Å². The third kappa shape index (κ3) is 2.86. The molecule has 0 spiro atoms. The van der Waals surface area contributed by atoms with Gasteiger partial charge in [0.05, 0.1) is 0 Å². The second-order valence-electron chi connectivity index (χ2n) is 5.02. The fourth-order valence-electron chi connectivity index (χ4n) is 2.22. The summed E-state index contributed by atoms with van der Waals surface area (Å²) in [6, 6.07) is 9.54. The molecule has 0 aliphatic heterocycles. The zero-order valence-corrected chi connectivity index (χ0v) is 10.4. The van der Waals surface area contributed by atoms with Crippen molar-refractivity contribution in [3.63, 3.8) is 0 Å². The van der Waals surface area contributed by atoms with Crippen LogP contribution in [-0.4, -0.2) is 17.8 Å². The molecule has 0 amide bonds. The summed E-state index contributed by atoms with van der Waals surface area (Å²) >= 11 is 0. The lowest BCUT2D eigenvalue weighted by atomic mass is 10.0. The minimum Gasteiger partial charge on any atom is -0.300 e. The maximum Gasteiger partial charge on any atom is 0.406 e. The molecule has 1 aromatic carbocycles. The van der Waals surface area contributed by atoms with Gasteiger partial charge in [-0.25, -0.2) is 0 Å². The number of benzene rings is 1. The number of nitrogens with one attached hydrogen (secondary N) is 1. The molecule has 1 aromatic rings. The van der Waals surface area contributed by atoms with E-state index in [0.717, 1.165) is 5.56 Å². The lowest BCUT2D eigenvalue weighted by molar-refractivity contribution is -0.168. The van der Waals surface area contributed by atoms with Gasteiger partial charge in [-0.15, -0.1) is 0 Å². The third-order valence-corrected chi connectivity index (χ3v) is 3.59. The second-order valence-corrected chi connectivity index (χ2v) is 5.02. The molecule has 1 unspecified atom stereocenters. The van der Waals surface area contributed by atoms with Gasteiger partial charge in [0, 0.05) is 6.04 Å². The Morgan fingerprint density at radius 3 is 2.28 bits per heavy atom.